The van der Waals surface area contributed by atoms with Gasteiger partial charge >= 0.3 is 0 Å². The Balaban J connectivity index is 2.13. The van der Waals surface area contributed by atoms with Gasteiger partial charge in [-0.1, -0.05) is 0 Å². The van der Waals surface area contributed by atoms with Crippen molar-refractivity contribution in [3.05, 3.63) is 16.0 Å². The van der Waals surface area contributed by atoms with Gasteiger partial charge in [-0.05, 0) is 27.5 Å². The quantitative estimate of drug-likeness (QED) is 0.772. The minimum Gasteiger partial charge on any atom is -0.378 e. The van der Waals surface area contributed by atoms with E-state index in [1.807, 2.05) is 0 Å². The van der Waals surface area contributed by atoms with Crippen molar-refractivity contribution in [3.8, 4) is 0 Å². The Morgan fingerprint density at radius 1 is 1.64 bits per heavy atom. The van der Waals surface area contributed by atoms with Crippen LogP contribution in [0, 0.1) is 0 Å². The van der Waals surface area contributed by atoms with Crippen LogP contribution in [0.1, 0.15) is 0 Å². The Morgan fingerprint density at radius 3 is 3.00 bits per heavy atom. The smallest absolute Gasteiger partial charge is 0.224 e. The highest BCUT2D eigenvalue weighted by atomic mass is 79.9. The Morgan fingerprint density at radius 2 is 2.36 bits per heavy atom. The van der Waals surface area contributed by atoms with E-state index < -0.39 is 0 Å². The molecule has 0 aromatic carbocycles. The molecule has 1 aliphatic rings. The van der Waals surface area contributed by atoms with Crippen molar-refractivity contribution in [2.24, 2.45) is 0 Å². The number of hydrogen-bond acceptors (Lipinski definition) is 4. The lowest BCUT2D eigenvalue weighted by atomic mass is 10.2. The van der Waals surface area contributed by atoms with Crippen LogP contribution in [0.15, 0.2) is 10.7 Å². The molecule has 0 radical (unpaired) electrons. The molecule has 14 heavy (non-hydrogen) atoms. The molecule has 1 aromatic heterocycles. The second-order valence-electron chi connectivity index (χ2n) is 3.07. The predicted octanol–water partition coefficient (Wildman–Crippen LogP) is 1.73. The van der Waals surface area contributed by atoms with Crippen LogP contribution in [0.3, 0.4) is 0 Å². The van der Waals surface area contributed by atoms with Gasteiger partial charge in [0, 0.05) is 26.4 Å². The number of halogens is 2. The van der Waals surface area contributed by atoms with E-state index in [1.165, 1.54) is 0 Å². The SMILES string of the molecule is COC1CN(c2nc(Cl)ncc2Br)C1. The average Bonchev–Trinajstić information content (AvgIpc) is 2.09. The number of methoxy groups -OCH3 is 1. The third kappa shape index (κ3) is 1.85. The van der Waals surface area contributed by atoms with Gasteiger partial charge in [-0.25, -0.2) is 4.98 Å². The highest BCUT2D eigenvalue weighted by Crippen LogP contribution is 2.28. The molecule has 2 rings (SSSR count). The van der Waals surface area contributed by atoms with Crippen LogP contribution in [0.2, 0.25) is 5.28 Å². The summed E-state index contributed by atoms with van der Waals surface area (Å²) in [6, 6.07) is 0. The normalized spacial score (nSPS) is 16.9. The second kappa shape index (κ2) is 4.00. The first-order valence-corrected chi connectivity index (χ1v) is 5.33. The number of hydrogen-bond donors (Lipinski definition) is 0. The molecule has 0 N–H and O–H groups in total. The highest BCUT2D eigenvalue weighted by molar-refractivity contribution is 9.10. The van der Waals surface area contributed by atoms with Crippen molar-refractivity contribution in [3.63, 3.8) is 0 Å². The molecular weight excluding hydrogens is 269 g/mol. The summed E-state index contributed by atoms with van der Waals surface area (Å²) in [5.41, 5.74) is 0. The maximum absolute atomic E-state index is 5.71. The van der Waals surface area contributed by atoms with Gasteiger partial charge < -0.3 is 9.64 Å². The van der Waals surface area contributed by atoms with Crippen LogP contribution in [0.25, 0.3) is 0 Å². The van der Waals surface area contributed by atoms with Crippen molar-refractivity contribution in [2.45, 2.75) is 6.10 Å². The lowest BCUT2D eigenvalue weighted by molar-refractivity contribution is 0.0782. The minimum absolute atomic E-state index is 0.268. The first kappa shape index (κ1) is 10.1. The van der Waals surface area contributed by atoms with Gasteiger partial charge in [0.15, 0.2) is 0 Å². The summed E-state index contributed by atoms with van der Waals surface area (Å²) < 4.78 is 6.03. The standard InChI is InChI=1S/C8H9BrClN3O/c1-14-5-3-13(4-5)7-6(9)2-11-8(10)12-7/h2,5H,3-4H2,1H3. The summed E-state index contributed by atoms with van der Waals surface area (Å²) in [5, 5.41) is 0.268. The van der Waals surface area contributed by atoms with Crippen molar-refractivity contribution in [1.29, 1.82) is 0 Å². The van der Waals surface area contributed by atoms with E-state index in [1.54, 1.807) is 13.3 Å². The fourth-order valence-electron chi connectivity index (χ4n) is 1.32. The number of anilines is 1. The first-order valence-electron chi connectivity index (χ1n) is 4.16. The number of rotatable bonds is 2. The molecule has 0 unspecified atom stereocenters. The monoisotopic (exact) mass is 277 g/mol. The Labute approximate surface area is 95.4 Å². The van der Waals surface area contributed by atoms with E-state index in [0.717, 1.165) is 23.4 Å². The van der Waals surface area contributed by atoms with Crippen LogP contribution in [-0.2, 0) is 4.74 Å². The minimum atomic E-state index is 0.268. The van der Waals surface area contributed by atoms with Crippen LogP contribution in [0.4, 0.5) is 5.82 Å². The molecule has 1 saturated heterocycles. The Hall–Kier alpha value is -0.390. The predicted molar refractivity (Wildman–Crippen MR) is 57.8 cm³/mol. The molecule has 0 aliphatic carbocycles. The average molecular weight is 279 g/mol. The van der Waals surface area contributed by atoms with Crippen LogP contribution in [-0.4, -0.2) is 36.3 Å². The molecule has 1 aliphatic heterocycles. The van der Waals surface area contributed by atoms with E-state index in [9.17, 15) is 0 Å². The summed E-state index contributed by atoms with van der Waals surface area (Å²) in [7, 11) is 1.71. The molecule has 1 aromatic rings. The molecule has 0 saturated carbocycles. The fourth-order valence-corrected chi connectivity index (χ4v) is 1.89. The fraction of sp³-hybridized carbons (Fsp3) is 0.500. The van der Waals surface area contributed by atoms with Crippen molar-refractivity contribution in [2.75, 3.05) is 25.1 Å². The van der Waals surface area contributed by atoms with E-state index in [2.05, 4.69) is 30.8 Å². The maximum atomic E-state index is 5.71. The van der Waals surface area contributed by atoms with E-state index in [0.29, 0.717) is 6.10 Å². The zero-order valence-corrected chi connectivity index (χ0v) is 9.92. The lowest BCUT2D eigenvalue weighted by Gasteiger charge is -2.39. The number of aromatic nitrogens is 2. The summed E-state index contributed by atoms with van der Waals surface area (Å²) in [6.45, 7) is 1.70. The summed E-state index contributed by atoms with van der Waals surface area (Å²) in [4.78, 5) is 10.1. The van der Waals surface area contributed by atoms with Crippen molar-refractivity contribution in [1.82, 2.24) is 9.97 Å². The van der Waals surface area contributed by atoms with Crippen LogP contribution in [0.5, 0.6) is 0 Å². The summed E-state index contributed by atoms with van der Waals surface area (Å²) >= 11 is 9.09. The third-order valence-corrected chi connectivity index (χ3v) is 2.92. The second-order valence-corrected chi connectivity index (χ2v) is 4.27. The lowest BCUT2D eigenvalue weighted by Crippen LogP contribution is -2.52. The summed E-state index contributed by atoms with van der Waals surface area (Å²) in [5.74, 6) is 0.832. The Kier molecular flexibility index (Phi) is 2.90. The molecule has 76 valence electrons. The van der Waals surface area contributed by atoms with Crippen molar-refractivity contribution >= 4 is 33.3 Å². The maximum Gasteiger partial charge on any atom is 0.224 e. The molecule has 6 heteroatoms. The Bertz CT molecular complexity index is 343. The van der Waals surface area contributed by atoms with E-state index >= 15 is 0 Å². The van der Waals surface area contributed by atoms with Gasteiger partial charge in [-0.3, -0.25) is 0 Å². The van der Waals surface area contributed by atoms with Crippen molar-refractivity contribution < 1.29 is 4.74 Å². The van der Waals surface area contributed by atoms with E-state index in [4.69, 9.17) is 16.3 Å². The van der Waals surface area contributed by atoms with Gasteiger partial charge in [0.1, 0.15) is 5.82 Å². The highest BCUT2D eigenvalue weighted by Gasteiger charge is 2.29. The largest absolute Gasteiger partial charge is 0.378 e. The van der Waals surface area contributed by atoms with Gasteiger partial charge in [0.25, 0.3) is 0 Å². The van der Waals surface area contributed by atoms with Gasteiger partial charge in [-0.15, -0.1) is 0 Å². The molecule has 0 atom stereocenters. The van der Waals surface area contributed by atoms with Gasteiger partial charge in [0.05, 0.1) is 10.6 Å². The topological polar surface area (TPSA) is 38.2 Å². The molecule has 1 fully saturated rings. The van der Waals surface area contributed by atoms with Crippen LogP contribution >= 0.6 is 27.5 Å². The van der Waals surface area contributed by atoms with Gasteiger partial charge in [-0.2, -0.15) is 4.98 Å². The molecule has 0 amide bonds. The zero-order valence-electron chi connectivity index (χ0n) is 7.57. The molecule has 0 spiro atoms. The number of nitrogens with zero attached hydrogens (tertiary/aromatic N) is 3. The zero-order chi connectivity index (χ0) is 10.1. The first-order chi connectivity index (χ1) is 6.70. The molecular formula is C8H9BrClN3O. The molecule has 0 bridgehead atoms. The van der Waals surface area contributed by atoms with Crippen LogP contribution < -0.4 is 4.90 Å². The summed E-state index contributed by atoms with van der Waals surface area (Å²) in [6.07, 6.45) is 1.96. The number of ether oxygens (including phenoxy) is 1. The molecule has 4 nitrogen and oxygen atoms in total. The van der Waals surface area contributed by atoms with Gasteiger partial charge in [0.2, 0.25) is 5.28 Å². The third-order valence-electron chi connectivity index (χ3n) is 2.18. The van der Waals surface area contributed by atoms with E-state index in [-0.39, 0.29) is 5.28 Å². The molecule has 2 heterocycles.